The molecule has 1 aromatic heterocycles. The first kappa shape index (κ1) is 17.0. The molecule has 0 unspecified atom stereocenters. The second-order valence-corrected chi connectivity index (χ2v) is 5.70. The van der Waals surface area contributed by atoms with Crippen molar-refractivity contribution in [2.75, 3.05) is 35.6 Å². The number of nitrogens with two attached hydrogens (primary N) is 1. The molecule has 0 radical (unpaired) electrons. The Morgan fingerprint density at radius 1 is 1.52 bits per heavy atom. The topological polar surface area (TPSA) is 148 Å². The predicted octanol–water partition coefficient (Wildman–Crippen LogP) is -0.649. The summed E-state index contributed by atoms with van der Waals surface area (Å²) in [4.78, 5) is 17.6. The summed E-state index contributed by atoms with van der Waals surface area (Å²) in [5, 5.41) is 2.22. The third-order valence-corrected chi connectivity index (χ3v) is 3.35. The van der Waals surface area contributed by atoms with Gasteiger partial charge in [-0.25, -0.2) is 9.08 Å². The molecule has 23 heavy (non-hydrogen) atoms. The largest absolute Gasteiger partial charge is 0.474 e. The lowest BCUT2D eigenvalue weighted by molar-refractivity contribution is -0.835. The number of aromatic nitrogens is 2. The standard InChI is InChI=1S/C11H17N5O6S/c1-2-21-11(17)14-10-13-9(15-5-3-4-6-15)7-8(12)16(10)22-23(18,19)20/h7H,2-6H2,1H3,(H3,12,13,14,17,18,19,20)/p+1. The van der Waals surface area contributed by atoms with E-state index in [1.54, 1.807) is 6.92 Å². The number of hydrogen-bond donors (Lipinski definition) is 3. The molecule has 4 N–H and O–H groups in total. The molecular formula is C11H18N5O6S+. The maximum absolute atomic E-state index is 11.6. The van der Waals surface area contributed by atoms with Gasteiger partial charge in [-0.05, 0) is 24.5 Å². The number of nitrogens with zero attached hydrogens (tertiary/aromatic N) is 3. The van der Waals surface area contributed by atoms with Crippen LogP contribution in [0.1, 0.15) is 19.8 Å². The van der Waals surface area contributed by atoms with Gasteiger partial charge in [-0.1, -0.05) is 4.98 Å². The molecule has 1 amide bonds. The van der Waals surface area contributed by atoms with E-state index in [9.17, 15) is 13.2 Å². The van der Waals surface area contributed by atoms with Crippen molar-refractivity contribution in [1.82, 2.24) is 4.98 Å². The molecule has 1 fully saturated rings. The lowest BCUT2D eigenvalue weighted by Crippen LogP contribution is -2.51. The molecule has 1 aliphatic rings. The van der Waals surface area contributed by atoms with Gasteiger partial charge in [0.25, 0.3) is 0 Å². The number of amides is 1. The summed E-state index contributed by atoms with van der Waals surface area (Å²) in [5.74, 6) is -0.0590. The molecule has 2 rings (SSSR count). The normalized spacial score (nSPS) is 14.6. The highest BCUT2D eigenvalue weighted by Gasteiger charge is 2.27. The zero-order valence-corrected chi connectivity index (χ0v) is 13.2. The third-order valence-electron chi connectivity index (χ3n) is 3.01. The van der Waals surface area contributed by atoms with E-state index in [0.29, 0.717) is 10.5 Å². The predicted molar refractivity (Wildman–Crippen MR) is 79.1 cm³/mol. The minimum atomic E-state index is -4.86. The number of ether oxygens (including phenoxy) is 1. The van der Waals surface area contributed by atoms with Crippen LogP contribution in [-0.4, -0.2) is 43.7 Å². The van der Waals surface area contributed by atoms with Gasteiger partial charge in [0.1, 0.15) is 0 Å². The number of hydrogen-bond acceptors (Lipinski definition) is 8. The van der Waals surface area contributed by atoms with E-state index in [1.807, 2.05) is 4.90 Å². The van der Waals surface area contributed by atoms with Crippen LogP contribution in [0.25, 0.3) is 0 Å². The molecule has 0 aliphatic carbocycles. The molecule has 0 aromatic carbocycles. The smallest absolute Gasteiger partial charge is 0.441 e. The molecule has 2 heterocycles. The highest BCUT2D eigenvalue weighted by atomic mass is 32.3. The van der Waals surface area contributed by atoms with Crippen molar-refractivity contribution in [3.8, 4) is 0 Å². The maximum Gasteiger partial charge on any atom is 0.474 e. The number of carbonyl (C=O) groups is 1. The molecule has 12 heteroatoms. The minimum absolute atomic E-state index is 0.103. The van der Waals surface area contributed by atoms with Gasteiger partial charge in [0.2, 0.25) is 5.82 Å². The van der Waals surface area contributed by atoms with Crippen molar-refractivity contribution >= 4 is 34.1 Å². The van der Waals surface area contributed by atoms with Gasteiger partial charge in [-0.2, -0.15) is 13.7 Å². The molecule has 1 aromatic rings. The van der Waals surface area contributed by atoms with Crippen molar-refractivity contribution < 1.29 is 31.5 Å². The van der Waals surface area contributed by atoms with Gasteiger partial charge in [0.15, 0.2) is 5.82 Å². The van der Waals surface area contributed by atoms with Crippen LogP contribution in [0.3, 0.4) is 0 Å². The molecule has 0 saturated carbocycles. The maximum atomic E-state index is 11.6. The zero-order chi connectivity index (χ0) is 17.0. The number of nitrogens with one attached hydrogen (secondary N) is 1. The first-order valence-corrected chi connectivity index (χ1v) is 8.25. The van der Waals surface area contributed by atoms with Gasteiger partial charge in [-0.15, -0.1) is 0 Å². The van der Waals surface area contributed by atoms with Crippen LogP contribution in [0.5, 0.6) is 0 Å². The second-order valence-electron chi connectivity index (χ2n) is 4.70. The average Bonchev–Trinajstić information content (AvgIpc) is 2.95. The SMILES string of the molecule is CCOC(=O)Nc1nc(N2CCCC2)cc(N)[n+]1OS(=O)(=O)O. The van der Waals surface area contributed by atoms with Crippen LogP contribution in [-0.2, 0) is 15.1 Å². The number of carbonyl (C=O) groups excluding carboxylic acids is 1. The van der Waals surface area contributed by atoms with Crippen molar-refractivity contribution in [1.29, 1.82) is 0 Å². The molecule has 0 atom stereocenters. The fourth-order valence-electron chi connectivity index (χ4n) is 2.12. The van der Waals surface area contributed by atoms with E-state index in [0.717, 1.165) is 25.9 Å². The van der Waals surface area contributed by atoms with Crippen LogP contribution in [0, 0.1) is 0 Å². The highest BCUT2D eigenvalue weighted by molar-refractivity contribution is 7.80. The Bertz CT molecular complexity index is 688. The summed E-state index contributed by atoms with van der Waals surface area (Å²) in [5.41, 5.74) is 5.75. The van der Waals surface area contributed by atoms with Gasteiger partial charge in [0, 0.05) is 13.1 Å². The summed E-state index contributed by atoms with van der Waals surface area (Å²) >= 11 is 0. The Labute approximate surface area is 132 Å². The van der Waals surface area contributed by atoms with E-state index in [2.05, 4.69) is 14.6 Å². The van der Waals surface area contributed by atoms with Crippen LogP contribution < -0.4 is 25.0 Å². The Hall–Kier alpha value is -2.34. The Balaban J connectivity index is 2.40. The molecule has 1 saturated heterocycles. The van der Waals surface area contributed by atoms with Crippen LogP contribution in [0.15, 0.2) is 6.07 Å². The zero-order valence-electron chi connectivity index (χ0n) is 12.4. The van der Waals surface area contributed by atoms with E-state index in [-0.39, 0.29) is 18.4 Å². The minimum Gasteiger partial charge on any atom is -0.441 e. The first-order chi connectivity index (χ1) is 10.8. The van der Waals surface area contributed by atoms with Gasteiger partial charge < -0.3 is 15.4 Å². The molecule has 0 spiro atoms. The monoisotopic (exact) mass is 348 g/mol. The van der Waals surface area contributed by atoms with Gasteiger partial charge >= 0.3 is 22.4 Å². The van der Waals surface area contributed by atoms with E-state index >= 15 is 0 Å². The summed E-state index contributed by atoms with van der Waals surface area (Å²) in [6.07, 6.45) is 1.10. The summed E-state index contributed by atoms with van der Waals surface area (Å²) < 4.78 is 40.2. The van der Waals surface area contributed by atoms with Crippen LogP contribution in [0.4, 0.5) is 22.4 Å². The number of anilines is 3. The van der Waals surface area contributed by atoms with Crippen molar-refractivity contribution in [3.63, 3.8) is 0 Å². The van der Waals surface area contributed by atoms with Crippen molar-refractivity contribution in [2.24, 2.45) is 0 Å². The average molecular weight is 348 g/mol. The molecular weight excluding hydrogens is 330 g/mol. The van der Waals surface area contributed by atoms with Crippen LogP contribution in [0.2, 0.25) is 0 Å². The van der Waals surface area contributed by atoms with Gasteiger partial charge in [-0.3, -0.25) is 4.55 Å². The summed E-state index contributed by atoms with van der Waals surface area (Å²) in [6.45, 7) is 3.22. The number of rotatable bonds is 5. The molecule has 0 bridgehead atoms. The summed E-state index contributed by atoms with van der Waals surface area (Å²) in [7, 11) is -4.86. The van der Waals surface area contributed by atoms with Crippen LogP contribution >= 0.6 is 0 Å². The van der Waals surface area contributed by atoms with Crippen molar-refractivity contribution in [2.45, 2.75) is 19.8 Å². The Kier molecular flexibility index (Phi) is 5.05. The third kappa shape index (κ3) is 4.56. The van der Waals surface area contributed by atoms with Gasteiger partial charge in [0.05, 0.1) is 12.7 Å². The Morgan fingerprint density at radius 3 is 2.74 bits per heavy atom. The van der Waals surface area contributed by atoms with E-state index in [4.69, 9.17) is 15.0 Å². The summed E-state index contributed by atoms with van der Waals surface area (Å²) in [6, 6.07) is 1.38. The lowest BCUT2D eigenvalue weighted by atomic mass is 10.4. The second kappa shape index (κ2) is 6.83. The number of nitrogen functional groups attached to an aromatic ring is 1. The highest BCUT2D eigenvalue weighted by Crippen LogP contribution is 2.20. The van der Waals surface area contributed by atoms with Crippen molar-refractivity contribution in [3.05, 3.63) is 6.07 Å². The molecule has 1 aliphatic heterocycles. The fraction of sp³-hybridized carbons (Fsp3) is 0.545. The Morgan fingerprint density at radius 2 is 2.17 bits per heavy atom. The molecule has 11 nitrogen and oxygen atoms in total. The van der Waals surface area contributed by atoms with E-state index < -0.39 is 16.5 Å². The lowest BCUT2D eigenvalue weighted by Gasteiger charge is -2.16. The fourth-order valence-corrected chi connectivity index (χ4v) is 2.46. The first-order valence-electron chi connectivity index (χ1n) is 6.89. The molecule has 128 valence electrons. The quantitative estimate of drug-likeness (QED) is 0.466. The van der Waals surface area contributed by atoms with E-state index in [1.165, 1.54) is 6.07 Å².